The molecule has 0 aliphatic heterocycles. The Balaban J connectivity index is 3.22. The molecule has 1 aromatic rings. The van der Waals surface area contributed by atoms with Gasteiger partial charge in [-0.2, -0.15) is 37.9 Å². The number of carbonyl (C=O) groups excluding carboxylic acids is 3. The molecule has 0 fully saturated rings. The molecule has 114 valence electrons. The first-order chi connectivity index (χ1) is 10.0. The van der Waals surface area contributed by atoms with E-state index in [-0.39, 0.29) is 20.9 Å². The summed E-state index contributed by atoms with van der Waals surface area (Å²) in [5.74, 6) is 0. The van der Waals surface area contributed by atoms with E-state index in [1.54, 1.807) is 6.07 Å². The minimum Gasteiger partial charge on any atom is -0.282 e. The van der Waals surface area contributed by atoms with E-state index in [2.05, 4.69) is 37.9 Å². The minimum atomic E-state index is -0.279. The number of thiol groups is 3. The van der Waals surface area contributed by atoms with E-state index in [9.17, 15) is 14.4 Å². The first kappa shape index (κ1) is 19.4. The summed E-state index contributed by atoms with van der Waals surface area (Å²) in [5, 5.41) is 0.269. The van der Waals surface area contributed by atoms with Crippen molar-refractivity contribution in [3.8, 4) is 0 Å². The van der Waals surface area contributed by atoms with Crippen LogP contribution in [0.1, 0.15) is 31.1 Å². The van der Waals surface area contributed by atoms with Crippen LogP contribution in [-0.2, 0) is 0 Å². The van der Waals surface area contributed by atoms with Crippen molar-refractivity contribution in [3.05, 3.63) is 34.9 Å². The van der Waals surface area contributed by atoms with Gasteiger partial charge in [-0.15, -0.1) is 0 Å². The molecule has 9 heteroatoms. The van der Waals surface area contributed by atoms with Crippen LogP contribution in [0.4, 0.5) is 0 Å². The third kappa shape index (κ3) is 5.80. The van der Waals surface area contributed by atoms with Gasteiger partial charge in [0.05, 0.1) is 0 Å². The van der Waals surface area contributed by atoms with E-state index in [1.165, 1.54) is 12.1 Å². The van der Waals surface area contributed by atoms with Gasteiger partial charge < -0.3 is 0 Å². The molecule has 3 nitrogen and oxygen atoms in total. The smallest absolute Gasteiger partial charge is 0.220 e. The standard InChI is InChI=1S/C12H12O3S6/c13-10(19-4-16)7-1-2-8(11(14)20-5-17)9(3-7)12(15)21-6-18/h1-3,16-18H,4-6H2. The Hall–Kier alpha value is 0.330. The van der Waals surface area contributed by atoms with E-state index in [0.717, 1.165) is 35.3 Å². The van der Waals surface area contributed by atoms with Gasteiger partial charge in [0.15, 0.2) is 0 Å². The number of benzene rings is 1. The molecule has 21 heavy (non-hydrogen) atoms. The lowest BCUT2D eigenvalue weighted by atomic mass is 10.1. The summed E-state index contributed by atoms with van der Waals surface area (Å²) < 4.78 is 0. The van der Waals surface area contributed by atoms with Gasteiger partial charge in [-0.05, 0) is 18.2 Å². The van der Waals surface area contributed by atoms with Gasteiger partial charge in [0.2, 0.25) is 15.3 Å². The first-order valence-corrected chi connectivity index (χ1v) is 10.4. The van der Waals surface area contributed by atoms with Gasteiger partial charge in [0, 0.05) is 31.9 Å². The van der Waals surface area contributed by atoms with Crippen LogP contribution in [0.15, 0.2) is 18.2 Å². The van der Waals surface area contributed by atoms with Crippen molar-refractivity contribution in [2.24, 2.45) is 0 Å². The van der Waals surface area contributed by atoms with Crippen molar-refractivity contribution in [2.45, 2.75) is 0 Å². The second-order valence-electron chi connectivity index (χ2n) is 3.44. The van der Waals surface area contributed by atoms with Gasteiger partial charge >= 0.3 is 0 Å². The highest BCUT2D eigenvalue weighted by Crippen LogP contribution is 2.25. The highest BCUT2D eigenvalue weighted by atomic mass is 32.2. The summed E-state index contributed by atoms with van der Waals surface area (Å²) in [6, 6.07) is 4.52. The molecule has 0 heterocycles. The van der Waals surface area contributed by atoms with Crippen molar-refractivity contribution < 1.29 is 14.4 Å². The molecule has 0 aliphatic rings. The van der Waals surface area contributed by atoms with Crippen LogP contribution in [0.3, 0.4) is 0 Å². The zero-order valence-corrected chi connectivity index (χ0v) is 15.8. The summed E-state index contributed by atoms with van der Waals surface area (Å²) in [7, 11) is 0. The lowest BCUT2D eigenvalue weighted by molar-refractivity contribution is 0.105. The monoisotopic (exact) mass is 396 g/mol. The molecule has 0 unspecified atom stereocenters. The Morgan fingerprint density at radius 2 is 1.24 bits per heavy atom. The fourth-order valence-corrected chi connectivity index (χ4v) is 3.79. The predicted octanol–water partition coefficient (Wildman–Crippen LogP) is 3.97. The second-order valence-corrected chi connectivity index (χ2v) is 8.52. The fraction of sp³-hybridized carbons (Fsp3) is 0.250. The zero-order valence-electron chi connectivity index (χ0n) is 10.6. The summed E-state index contributed by atoms with van der Waals surface area (Å²) in [6.45, 7) is 0. The van der Waals surface area contributed by atoms with Gasteiger partial charge in [-0.3, -0.25) is 14.4 Å². The summed E-state index contributed by atoms with van der Waals surface area (Å²) >= 11 is 15.0. The topological polar surface area (TPSA) is 51.2 Å². The molecular formula is C12H12O3S6. The van der Waals surface area contributed by atoms with E-state index in [1.807, 2.05) is 0 Å². The van der Waals surface area contributed by atoms with E-state index >= 15 is 0 Å². The lowest BCUT2D eigenvalue weighted by Crippen LogP contribution is -2.07. The fourth-order valence-electron chi connectivity index (χ4n) is 1.43. The molecule has 0 amide bonds. The Bertz CT molecular complexity index is 546. The van der Waals surface area contributed by atoms with Gasteiger partial charge in [0.1, 0.15) is 0 Å². The maximum absolute atomic E-state index is 12.1. The van der Waals surface area contributed by atoms with E-state index < -0.39 is 0 Å². The van der Waals surface area contributed by atoms with E-state index in [4.69, 9.17) is 0 Å². The van der Waals surface area contributed by atoms with Crippen molar-refractivity contribution in [3.63, 3.8) is 0 Å². The number of rotatable bonds is 6. The highest BCUT2D eigenvalue weighted by molar-refractivity contribution is 8.21. The number of carbonyl (C=O) groups is 3. The van der Waals surface area contributed by atoms with Gasteiger partial charge in [0.25, 0.3) is 0 Å². The minimum absolute atomic E-state index is 0.184. The Morgan fingerprint density at radius 3 is 1.76 bits per heavy atom. The van der Waals surface area contributed by atoms with Crippen LogP contribution < -0.4 is 0 Å². The van der Waals surface area contributed by atoms with Crippen molar-refractivity contribution >= 4 is 88.5 Å². The van der Waals surface area contributed by atoms with Crippen molar-refractivity contribution in [1.29, 1.82) is 0 Å². The Labute approximate surface area is 152 Å². The summed E-state index contributed by atoms with van der Waals surface area (Å²) in [6.07, 6.45) is 0. The predicted molar refractivity (Wildman–Crippen MR) is 104 cm³/mol. The molecule has 1 aromatic carbocycles. The average molecular weight is 397 g/mol. The highest BCUT2D eigenvalue weighted by Gasteiger charge is 2.19. The van der Waals surface area contributed by atoms with Gasteiger partial charge in [-0.25, -0.2) is 0 Å². The maximum atomic E-state index is 12.1. The van der Waals surface area contributed by atoms with Crippen LogP contribution in [0.2, 0.25) is 0 Å². The Kier molecular flexibility index (Phi) is 9.38. The average Bonchev–Trinajstić information content (AvgIpc) is 2.47. The third-order valence-electron chi connectivity index (χ3n) is 2.28. The molecule has 0 aliphatic carbocycles. The quantitative estimate of drug-likeness (QED) is 0.500. The molecule has 0 bridgehead atoms. The number of hydrogen-bond acceptors (Lipinski definition) is 9. The lowest BCUT2D eigenvalue weighted by Gasteiger charge is -2.08. The molecule has 0 spiro atoms. The number of hydrogen-bond donors (Lipinski definition) is 3. The molecule has 0 saturated heterocycles. The molecule has 0 aromatic heterocycles. The molecule has 0 atom stereocenters. The molecule has 1 rings (SSSR count). The second kappa shape index (κ2) is 10.2. The van der Waals surface area contributed by atoms with Crippen LogP contribution in [0, 0.1) is 0 Å². The molecule has 0 N–H and O–H groups in total. The van der Waals surface area contributed by atoms with E-state index in [0.29, 0.717) is 26.4 Å². The molecular weight excluding hydrogens is 385 g/mol. The summed E-state index contributed by atoms with van der Waals surface area (Å²) in [4.78, 5) is 36.0. The largest absolute Gasteiger partial charge is 0.282 e. The van der Waals surface area contributed by atoms with Crippen molar-refractivity contribution in [2.75, 3.05) is 15.3 Å². The summed E-state index contributed by atoms with van der Waals surface area (Å²) in [5.41, 5.74) is 0.907. The van der Waals surface area contributed by atoms with Crippen LogP contribution in [-0.4, -0.2) is 30.6 Å². The SMILES string of the molecule is O=C(SCS)c1ccc(C(=O)SCS)c(C(=O)SCS)c1. The molecule has 0 radical (unpaired) electrons. The third-order valence-corrected chi connectivity index (χ3v) is 5.29. The van der Waals surface area contributed by atoms with Crippen LogP contribution in [0.5, 0.6) is 0 Å². The van der Waals surface area contributed by atoms with Crippen molar-refractivity contribution in [1.82, 2.24) is 0 Å². The number of thioether (sulfide) groups is 3. The normalized spacial score (nSPS) is 10.4. The van der Waals surface area contributed by atoms with Crippen LogP contribution >= 0.6 is 73.2 Å². The first-order valence-electron chi connectivity index (χ1n) is 5.53. The van der Waals surface area contributed by atoms with Crippen LogP contribution in [0.25, 0.3) is 0 Å². The zero-order chi connectivity index (χ0) is 15.8. The molecule has 0 saturated carbocycles. The maximum Gasteiger partial charge on any atom is 0.220 e. The van der Waals surface area contributed by atoms with Gasteiger partial charge in [-0.1, -0.05) is 35.3 Å². The Morgan fingerprint density at radius 1 is 0.762 bits per heavy atom.